The van der Waals surface area contributed by atoms with Crippen LogP contribution in [-0.4, -0.2) is 51.8 Å². The molecule has 0 saturated carbocycles. The second-order valence-corrected chi connectivity index (χ2v) is 7.55. The number of halogens is 6. The van der Waals surface area contributed by atoms with Gasteiger partial charge < -0.3 is 39.6 Å². The molecule has 0 aliphatic carbocycles. The first-order valence-electron chi connectivity index (χ1n) is 10.1. The van der Waals surface area contributed by atoms with Gasteiger partial charge in [-0.05, 0) is 36.4 Å². The van der Waals surface area contributed by atoms with Crippen LogP contribution in [0, 0.1) is 11.6 Å². The number of alkyl halides is 3. The van der Waals surface area contributed by atoms with E-state index in [1.807, 2.05) is 0 Å². The van der Waals surface area contributed by atoms with E-state index in [0.717, 1.165) is 31.5 Å². The number of amides is 1. The molecule has 1 amide bonds. The van der Waals surface area contributed by atoms with Gasteiger partial charge in [0, 0.05) is 11.9 Å². The van der Waals surface area contributed by atoms with E-state index >= 15 is 0 Å². The highest BCUT2D eigenvalue weighted by atomic mass is 35.5. The smallest absolute Gasteiger partial charge is 0.464 e. The van der Waals surface area contributed by atoms with Crippen LogP contribution in [0.1, 0.15) is 20.8 Å². The van der Waals surface area contributed by atoms with Gasteiger partial charge in [0.2, 0.25) is 11.6 Å². The molecular weight excluding hydrogens is 567 g/mol. The molecule has 3 aromatic rings. The predicted molar refractivity (Wildman–Crippen MR) is 118 cm³/mol. The van der Waals surface area contributed by atoms with Gasteiger partial charge in [0.05, 0.1) is 12.1 Å². The number of esters is 1. The average molecular weight is 581 g/mol. The Morgan fingerprint density at radius 2 is 1.59 bits per heavy atom. The number of hydrogen-bond donors (Lipinski definition) is 4. The topological polar surface area (TPSA) is 157 Å². The average Bonchev–Trinajstić information content (AvgIpc) is 2.83. The highest BCUT2D eigenvalue weighted by Crippen LogP contribution is 2.42. The number of anilines is 1. The summed E-state index contributed by atoms with van der Waals surface area (Å²) < 4.78 is 84.8. The Morgan fingerprint density at radius 3 is 2.21 bits per heavy atom. The quantitative estimate of drug-likeness (QED) is 0.176. The standard InChI is InChI=1S/C22H14ClF5N2O9/c1-36-20(32)11-8-9(6-7-29-11)30-19(31)15-12(3-2-10(23)16(15)24)37-14-5-4-13(38-21(26,27)28)17(25)18(14)39-22(33,34)35/h2-8,33-35H,1H3,(H,29,30,31). The van der Waals surface area contributed by atoms with Gasteiger partial charge in [-0.3, -0.25) is 4.79 Å². The summed E-state index contributed by atoms with van der Waals surface area (Å²) in [5, 5.41) is 28.9. The maximum absolute atomic E-state index is 15.0. The van der Waals surface area contributed by atoms with Gasteiger partial charge >= 0.3 is 18.5 Å². The summed E-state index contributed by atoms with van der Waals surface area (Å²) in [6.45, 7) is 0. The van der Waals surface area contributed by atoms with E-state index in [0.29, 0.717) is 12.1 Å². The number of methoxy groups -OCH3 is 1. The Hall–Kier alpha value is -4.25. The molecule has 17 heteroatoms. The van der Waals surface area contributed by atoms with Gasteiger partial charge in [-0.25, -0.2) is 14.2 Å². The van der Waals surface area contributed by atoms with Crippen molar-refractivity contribution < 1.29 is 65.8 Å². The molecule has 0 aliphatic rings. The van der Waals surface area contributed by atoms with Gasteiger partial charge in [-0.15, -0.1) is 13.2 Å². The molecule has 0 radical (unpaired) electrons. The van der Waals surface area contributed by atoms with Gasteiger partial charge in [0.15, 0.2) is 17.3 Å². The lowest BCUT2D eigenvalue weighted by Crippen LogP contribution is -2.35. The molecule has 3 rings (SSSR count). The lowest BCUT2D eigenvalue weighted by molar-refractivity contribution is -0.420. The molecule has 208 valence electrons. The number of hydrogen-bond acceptors (Lipinski definition) is 10. The van der Waals surface area contributed by atoms with Crippen molar-refractivity contribution in [3.63, 3.8) is 0 Å². The first-order chi connectivity index (χ1) is 18.1. The molecule has 0 unspecified atom stereocenters. The van der Waals surface area contributed by atoms with Crippen molar-refractivity contribution in [1.82, 2.24) is 4.98 Å². The van der Waals surface area contributed by atoms with E-state index in [4.69, 9.17) is 31.7 Å². The van der Waals surface area contributed by atoms with Gasteiger partial charge in [0.1, 0.15) is 17.0 Å². The van der Waals surface area contributed by atoms with E-state index < -0.39 is 69.6 Å². The molecule has 0 fully saturated rings. The second kappa shape index (κ2) is 11.2. The number of aromatic nitrogens is 1. The van der Waals surface area contributed by atoms with Crippen LogP contribution in [0.15, 0.2) is 42.6 Å². The van der Waals surface area contributed by atoms with Crippen LogP contribution in [0.4, 0.5) is 27.6 Å². The number of carbonyl (C=O) groups excluding carboxylic acids is 2. The van der Waals surface area contributed by atoms with Gasteiger partial charge in [0.25, 0.3) is 5.91 Å². The molecule has 4 N–H and O–H groups in total. The fourth-order valence-corrected chi connectivity index (χ4v) is 3.06. The molecule has 1 aromatic heterocycles. The third kappa shape index (κ3) is 7.41. The molecule has 39 heavy (non-hydrogen) atoms. The Morgan fingerprint density at radius 1 is 0.949 bits per heavy atom. The van der Waals surface area contributed by atoms with Crippen LogP contribution in [0.25, 0.3) is 0 Å². The van der Waals surface area contributed by atoms with Crippen LogP contribution < -0.4 is 19.5 Å². The minimum atomic E-state index is -5.39. The zero-order valence-corrected chi connectivity index (χ0v) is 19.8. The molecule has 0 spiro atoms. The minimum absolute atomic E-state index is 0.0740. The summed E-state index contributed by atoms with van der Waals surface area (Å²) in [7, 11) is 1.08. The summed E-state index contributed by atoms with van der Waals surface area (Å²) in [5.74, 6) is -10.3. The van der Waals surface area contributed by atoms with Crippen molar-refractivity contribution in [2.75, 3.05) is 12.4 Å². The zero-order valence-electron chi connectivity index (χ0n) is 19.0. The molecule has 1 heterocycles. The van der Waals surface area contributed by atoms with E-state index in [-0.39, 0.29) is 11.4 Å². The van der Waals surface area contributed by atoms with E-state index in [1.165, 1.54) is 6.07 Å². The maximum Gasteiger partial charge on any atom is 0.573 e. The zero-order chi connectivity index (χ0) is 29.1. The highest BCUT2D eigenvalue weighted by molar-refractivity contribution is 6.31. The molecule has 2 aromatic carbocycles. The SMILES string of the molecule is COC(=O)c1cc(NC(=O)c2c(Oc3ccc(OC(F)(F)F)c(F)c3OC(O)(O)O)ccc(Cl)c2F)ccn1. The summed E-state index contributed by atoms with van der Waals surface area (Å²) in [6, 6.07) is 5.05. The number of ether oxygens (including phenoxy) is 4. The first-order valence-corrected chi connectivity index (χ1v) is 10.4. The van der Waals surface area contributed by atoms with E-state index in [9.17, 15) is 31.5 Å². The van der Waals surface area contributed by atoms with Crippen molar-refractivity contribution in [2.24, 2.45) is 0 Å². The van der Waals surface area contributed by atoms with Crippen LogP contribution in [0.2, 0.25) is 5.02 Å². The molecule has 0 saturated heterocycles. The Labute approximate surface area is 218 Å². The first kappa shape index (κ1) is 29.3. The van der Waals surface area contributed by atoms with Crippen LogP contribution >= 0.6 is 11.6 Å². The number of rotatable bonds is 8. The Kier molecular flexibility index (Phi) is 8.45. The third-order valence-corrected chi connectivity index (χ3v) is 4.70. The minimum Gasteiger partial charge on any atom is -0.464 e. The molecule has 0 atom stereocenters. The Balaban J connectivity index is 2.05. The van der Waals surface area contributed by atoms with Crippen LogP contribution in [-0.2, 0) is 4.74 Å². The lowest BCUT2D eigenvalue weighted by Gasteiger charge is -2.21. The fraction of sp³-hybridized carbons (Fsp3) is 0.136. The van der Waals surface area contributed by atoms with Crippen molar-refractivity contribution >= 4 is 29.2 Å². The summed E-state index contributed by atoms with van der Waals surface area (Å²) >= 11 is 5.76. The second-order valence-electron chi connectivity index (χ2n) is 7.14. The number of benzene rings is 2. The lowest BCUT2D eigenvalue weighted by atomic mass is 10.1. The van der Waals surface area contributed by atoms with E-state index in [1.54, 1.807) is 0 Å². The molecular formula is C22H14ClF5N2O9. The summed E-state index contributed by atoms with van der Waals surface area (Å²) in [6.07, 6.45) is -8.39. The van der Waals surface area contributed by atoms with Gasteiger partial charge in [-0.1, -0.05) is 11.6 Å². The monoisotopic (exact) mass is 580 g/mol. The van der Waals surface area contributed by atoms with Crippen LogP contribution in [0.5, 0.6) is 23.0 Å². The van der Waals surface area contributed by atoms with Crippen molar-refractivity contribution in [3.05, 3.63) is 70.5 Å². The van der Waals surface area contributed by atoms with Crippen molar-refractivity contribution in [2.45, 2.75) is 12.5 Å². The molecule has 11 nitrogen and oxygen atoms in total. The van der Waals surface area contributed by atoms with Crippen molar-refractivity contribution in [1.29, 1.82) is 0 Å². The normalized spacial score (nSPS) is 11.5. The highest BCUT2D eigenvalue weighted by Gasteiger charge is 2.35. The summed E-state index contributed by atoms with van der Waals surface area (Å²) in [4.78, 5) is 28.4. The number of pyridine rings is 1. The molecule has 0 bridgehead atoms. The van der Waals surface area contributed by atoms with Crippen molar-refractivity contribution in [3.8, 4) is 23.0 Å². The number of nitrogens with zero attached hydrogens (tertiary/aromatic N) is 1. The van der Waals surface area contributed by atoms with E-state index in [2.05, 4.69) is 24.5 Å². The number of carbonyl (C=O) groups is 2. The molecule has 0 aliphatic heterocycles. The Bertz CT molecular complexity index is 1410. The third-order valence-electron chi connectivity index (χ3n) is 4.41. The number of nitrogens with one attached hydrogen (secondary N) is 1. The number of aliphatic hydroxyl groups is 3. The fourth-order valence-electron chi connectivity index (χ4n) is 2.90. The predicted octanol–water partition coefficient (Wildman–Crippen LogP) is 3.71. The maximum atomic E-state index is 15.0. The van der Waals surface area contributed by atoms with Crippen LogP contribution in [0.3, 0.4) is 0 Å². The summed E-state index contributed by atoms with van der Waals surface area (Å²) in [5.41, 5.74) is -1.23. The largest absolute Gasteiger partial charge is 0.573 e. The van der Waals surface area contributed by atoms with Gasteiger partial charge in [-0.2, -0.15) is 4.39 Å².